The van der Waals surface area contributed by atoms with Crippen LogP contribution in [0.4, 0.5) is 15.8 Å². The number of nitrogens with one attached hydrogen (secondary N) is 1. The number of aliphatic carboxylic acids is 1. The minimum atomic E-state index is -1.32. The molecule has 7 nitrogen and oxygen atoms in total. The van der Waals surface area contributed by atoms with Gasteiger partial charge in [0, 0.05) is 34.7 Å². The lowest BCUT2D eigenvalue weighted by Crippen LogP contribution is -2.29. The number of allylic oxidation sites excluding steroid dienone is 1. The Labute approximate surface area is 202 Å². The molecule has 6 N–H and O–H groups in total. The van der Waals surface area contributed by atoms with E-state index in [0.717, 1.165) is 24.8 Å². The van der Waals surface area contributed by atoms with Crippen molar-refractivity contribution < 1.29 is 19.1 Å². The molecule has 1 aromatic rings. The van der Waals surface area contributed by atoms with E-state index in [0.29, 0.717) is 46.3 Å². The Bertz CT molecular complexity index is 1030. The number of fused-ring (bicyclic) bond motifs is 2. The Kier molecular flexibility index (Phi) is 8.49. The number of ketones is 1. The van der Waals surface area contributed by atoms with Crippen LogP contribution in [-0.2, 0) is 4.79 Å². The van der Waals surface area contributed by atoms with Gasteiger partial charge < -0.3 is 21.2 Å². The fourth-order valence-electron chi connectivity index (χ4n) is 4.12. The number of thioether (sulfide) groups is 2. The molecule has 0 radical (unpaired) electrons. The highest BCUT2D eigenvalue weighted by atomic mass is 32.2. The first-order chi connectivity index (χ1) is 15.7. The molecule has 0 aliphatic carbocycles. The first-order valence-corrected chi connectivity index (χ1v) is 12.9. The summed E-state index contributed by atoms with van der Waals surface area (Å²) in [5.74, 6) is 3.57. The number of nitrogens with zero attached hydrogens (tertiary/aromatic N) is 1. The summed E-state index contributed by atoms with van der Waals surface area (Å²) in [7, 11) is 0. The van der Waals surface area contributed by atoms with Crippen molar-refractivity contribution in [3.63, 3.8) is 0 Å². The first kappa shape index (κ1) is 25.6. The minimum Gasteiger partial charge on any atom is -0.478 e. The third kappa shape index (κ3) is 5.24. The molecule has 180 valence electrons. The molecule has 2 aliphatic heterocycles. The number of Topliss-reactive ketones (excluding diaryl/α,β-unsaturated/α-hetero) is 1. The summed E-state index contributed by atoms with van der Waals surface area (Å²) in [6.45, 7) is 6.76. The summed E-state index contributed by atoms with van der Waals surface area (Å²) in [4.78, 5) is 29.0. The number of carboxylic acid groups (broad SMARTS) is 1. The first-order valence-electron chi connectivity index (χ1n) is 11.0. The minimum absolute atomic E-state index is 0.0312. The summed E-state index contributed by atoms with van der Waals surface area (Å²) in [5.41, 5.74) is 9.77. The number of nitrogens with two attached hydrogens (primary N) is 2. The number of carbonyl (C=O) groups is 2. The van der Waals surface area contributed by atoms with E-state index in [-0.39, 0.29) is 22.9 Å². The number of hydrogen-bond donors (Lipinski definition) is 4. The van der Waals surface area contributed by atoms with Gasteiger partial charge in [0.2, 0.25) is 5.78 Å². The molecule has 0 saturated carbocycles. The van der Waals surface area contributed by atoms with Gasteiger partial charge in [-0.1, -0.05) is 18.9 Å². The number of unbranched alkanes of at least 4 members (excludes halogenated alkanes) is 1. The molecule has 1 fully saturated rings. The van der Waals surface area contributed by atoms with Crippen LogP contribution in [0, 0.1) is 12.7 Å². The van der Waals surface area contributed by atoms with E-state index in [1.807, 2.05) is 24.2 Å². The van der Waals surface area contributed by atoms with Gasteiger partial charge in [0.05, 0.1) is 16.9 Å². The predicted octanol–water partition coefficient (Wildman–Crippen LogP) is 4.41. The average molecular weight is 495 g/mol. The van der Waals surface area contributed by atoms with Gasteiger partial charge in [-0.05, 0) is 44.1 Å². The van der Waals surface area contributed by atoms with Crippen molar-refractivity contribution in [1.29, 1.82) is 0 Å². The zero-order valence-corrected chi connectivity index (χ0v) is 20.8. The van der Waals surface area contributed by atoms with Crippen LogP contribution in [0.1, 0.15) is 55.5 Å². The summed E-state index contributed by atoms with van der Waals surface area (Å²) < 4.78 is 15.9. The molecular weight excluding hydrogens is 463 g/mol. The molecule has 1 atom stereocenters. The lowest BCUT2D eigenvalue weighted by molar-refractivity contribution is -0.132. The van der Waals surface area contributed by atoms with Gasteiger partial charge in [-0.3, -0.25) is 10.6 Å². The maximum atomic E-state index is 15.9. The SMILES string of the molecule is CCCC/C1=C(/C(=O)O)C(=O)c2c(C)c(c(N3CCC(N)C3)c(F)c2NN)SC/C(C)=C/S1. The Hall–Kier alpha value is -2.01. The zero-order valence-electron chi connectivity index (χ0n) is 19.2. The van der Waals surface area contributed by atoms with E-state index in [4.69, 9.17) is 11.6 Å². The number of carbonyl (C=O) groups excluding carboxylic acids is 1. The smallest absolute Gasteiger partial charge is 0.340 e. The maximum absolute atomic E-state index is 15.9. The van der Waals surface area contributed by atoms with Crippen LogP contribution in [0.15, 0.2) is 26.4 Å². The van der Waals surface area contributed by atoms with Gasteiger partial charge in [0.15, 0.2) is 5.82 Å². The number of hydrogen-bond acceptors (Lipinski definition) is 8. The summed E-state index contributed by atoms with van der Waals surface area (Å²) >= 11 is 2.70. The molecule has 2 heterocycles. The van der Waals surface area contributed by atoms with Crippen LogP contribution in [0.3, 0.4) is 0 Å². The number of carboxylic acids is 1. The van der Waals surface area contributed by atoms with Gasteiger partial charge >= 0.3 is 5.97 Å². The monoisotopic (exact) mass is 494 g/mol. The van der Waals surface area contributed by atoms with Crippen LogP contribution in [-0.4, -0.2) is 41.7 Å². The fourth-order valence-corrected chi connectivity index (χ4v) is 6.34. The van der Waals surface area contributed by atoms with E-state index in [9.17, 15) is 14.7 Å². The second-order valence-electron chi connectivity index (χ2n) is 8.41. The standard InChI is InChI=1S/C23H31FN4O3S2/c1-4-5-6-15-17(23(30)31)21(29)16-13(3)22(33-11-12(2)10-32-15)20(18(24)19(16)27-26)28-8-7-14(25)9-28/h10,14,27H,4-9,11,25-26H2,1-3H3,(H,30,31)/b12-10+,17-15-. The third-order valence-corrected chi connectivity index (χ3v) is 8.44. The highest BCUT2D eigenvalue weighted by Gasteiger charge is 2.34. The van der Waals surface area contributed by atoms with Crippen LogP contribution in [0.2, 0.25) is 0 Å². The van der Waals surface area contributed by atoms with Crippen LogP contribution < -0.4 is 21.9 Å². The van der Waals surface area contributed by atoms with E-state index in [1.165, 1.54) is 23.5 Å². The van der Waals surface area contributed by atoms with Crippen molar-refractivity contribution in [3.05, 3.63) is 38.4 Å². The van der Waals surface area contributed by atoms with Crippen LogP contribution in [0.5, 0.6) is 0 Å². The summed E-state index contributed by atoms with van der Waals surface area (Å²) in [6.07, 6.45) is 2.78. The van der Waals surface area contributed by atoms with Crippen molar-refractivity contribution in [2.24, 2.45) is 11.6 Å². The number of benzene rings is 1. The van der Waals surface area contributed by atoms with Crippen molar-refractivity contribution in [2.45, 2.75) is 57.4 Å². The molecule has 3 rings (SSSR count). The van der Waals surface area contributed by atoms with Crippen LogP contribution >= 0.6 is 23.5 Å². The van der Waals surface area contributed by atoms with E-state index in [2.05, 4.69) is 5.43 Å². The highest BCUT2D eigenvalue weighted by Crippen LogP contribution is 2.45. The molecule has 2 aliphatic rings. The van der Waals surface area contributed by atoms with Gasteiger partial charge in [0.25, 0.3) is 0 Å². The molecule has 33 heavy (non-hydrogen) atoms. The van der Waals surface area contributed by atoms with Gasteiger partial charge in [-0.2, -0.15) is 0 Å². The third-order valence-electron chi connectivity index (χ3n) is 5.84. The van der Waals surface area contributed by atoms with Gasteiger partial charge in [0.1, 0.15) is 5.57 Å². The Morgan fingerprint density at radius 1 is 1.39 bits per heavy atom. The zero-order chi connectivity index (χ0) is 24.3. The number of anilines is 2. The Morgan fingerprint density at radius 2 is 2.12 bits per heavy atom. The molecule has 1 unspecified atom stereocenters. The topological polar surface area (TPSA) is 122 Å². The van der Waals surface area contributed by atoms with E-state index >= 15 is 4.39 Å². The molecular formula is C23H31FN4O3S2. The molecule has 0 spiro atoms. The number of halogens is 1. The highest BCUT2D eigenvalue weighted by molar-refractivity contribution is 8.06. The fraction of sp³-hybridized carbons (Fsp3) is 0.478. The molecule has 2 bridgehead atoms. The number of nitrogen functional groups attached to an aromatic ring is 1. The van der Waals surface area contributed by atoms with Crippen molar-refractivity contribution in [2.75, 3.05) is 29.2 Å². The van der Waals surface area contributed by atoms with E-state index < -0.39 is 17.6 Å². The van der Waals surface area contributed by atoms with Crippen LogP contribution in [0.25, 0.3) is 0 Å². The molecule has 10 heteroatoms. The number of hydrazine groups is 1. The van der Waals surface area contributed by atoms with Gasteiger partial charge in [-0.25, -0.2) is 9.18 Å². The predicted molar refractivity (Wildman–Crippen MR) is 134 cm³/mol. The summed E-state index contributed by atoms with van der Waals surface area (Å²) in [5, 5.41) is 11.9. The lowest BCUT2D eigenvalue weighted by atomic mass is 9.94. The maximum Gasteiger partial charge on any atom is 0.340 e. The molecule has 0 aromatic heterocycles. The molecule has 1 aromatic carbocycles. The lowest BCUT2D eigenvalue weighted by Gasteiger charge is -2.27. The summed E-state index contributed by atoms with van der Waals surface area (Å²) in [6, 6.07) is -0.0686. The molecule has 0 amide bonds. The average Bonchev–Trinajstić information content (AvgIpc) is 3.19. The van der Waals surface area contributed by atoms with Crippen molar-refractivity contribution in [1.82, 2.24) is 0 Å². The number of rotatable bonds is 6. The largest absolute Gasteiger partial charge is 0.478 e. The quantitative estimate of drug-likeness (QED) is 0.259. The Morgan fingerprint density at radius 3 is 2.70 bits per heavy atom. The second kappa shape index (κ2) is 10.9. The van der Waals surface area contributed by atoms with Gasteiger partial charge in [-0.15, -0.1) is 23.5 Å². The molecule has 1 saturated heterocycles. The van der Waals surface area contributed by atoms with Crippen molar-refractivity contribution in [3.8, 4) is 0 Å². The normalized spacial score (nSPS) is 23.2. The second-order valence-corrected chi connectivity index (χ2v) is 10.4. The van der Waals surface area contributed by atoms with Crippen molar-refractivity contribution >= 4 is 46.7 Å². The Balaban J connectivity index is 2.32. The van der Waals surface area contributed by atoms with E-state index in [1.54, 1.807) is 6.92 Å².